The summed E-state index contributed by atoms with van der Waals surface area (Å²) in [6.07, 6.45) is 2.67. The molecule has 0 aliphatic heterocycles. The Balaban J connectivity index is 2.21. The first-order valence-corrected chi connectivity index (χ1v) is 8.41. The van der Waals surface area contributed by atoms with Crippen LogP contribution in [0.2, 0.25) is 0 Å². The summed E-state index contributed by atoms with van der Waals surface area (Å²) in [6, 6.07) is 3.53. The summed E-state index contributed by atoms with van der Waals surface area (Å²) in [7, 11) is 0. The van der Waals surface area contributed by atoms with E-state index in [0.29, 0.717) is 12.0 Å². The Labute approximate surface area is 123 Å². The molecule has 0 aromatic carbocycles. The quantitative estimate of drug-likeness (QED) is 0.853. The Bertz CT molecular complexity index is 385. The first kappa shape index (κ1) is 14.5. The number of nitrogens with zero attached hydrogens (tertiary/aromatic N) is 1. The molecule has 18 heavy (non-hydrogen) atoms. The number of halogens is 1. The molecular weight excluding hydrogens is 308 g/mol. The third-order valence-corrected chi connectivity index (χ3v) is 5.09. The molecule has 2 N–H and O–H groups in total. The average molecular weight is 331 g/mol. The molecule has 1 aromatic heterocycles. The molecule has 0 saturated heterocycles. The van der Waals surface area contributed by atoms with Crippen molar-refractivity contribution in [1.29, 1.82) is 0 Å². The average Bonchev–Trinajstić information content (AvgIpc) is 3.01. The van der Waals surface area contributed by atoms with Gasteiger partial charge in [-0.15, -0.1) is 11.3 Å². The second kappa shape index (κ2) is 6.04. The van der Waals surface area contributed by atoms with E-state index in [1.807, 2.05) is 11.3 Å². The maximum Gasteiger partial charge on any atom is 0.0593 e. The predicted octanol–water partition coefficient (Wildman–Crippen LogP) is 4.02. The van der Waals surface area contributed by atoms with Crippen molar-refractivity contribution in [3.8, 4) is 0 Å². The van der Waals surface area contributed by atoms with Crippen molar-refractivity contribution >= 4 is 27.3 Å². The first-order valence-electron chi connectivity index (χ1n) is 6.74. The third-order valence-electron chi connectivity index (χ3n) is 3.33. The summed E-state index contributed by atoms with van der Waals surface area (Å²) >= 11 is 5.37. The molecule has 2 rings (SSSR count). The fraction of sp³-hybridized carbons (Fsp3) is 0.714. The number of rotatable bonds is 6. The molecule has 1 saturated carbocycles. The highest BCUT2D eigenvalue weighted by molar-refractivity contribution is 9.10. The van der Waals surface area contributed by atoms with Crippen LogP contribution in [0.1, 0.15) is 44.5 Å². The van der Waals surface area contributed by atoms with Crippen LogP contribution in [0.4, 0.5) is 0 Å². The maximum atomic E-state index is 6.27. The van der Waals surface area contributed by atoms with Gasteiger partial charge in [0.15, 0.2) is 0 Å². The van der Waals surface area contributed by atoms with Crippen LogP contribution < -0.4 is 5.73 Å². The molecule has 4 heteroatoms. The summed E-state index contributed by atoms with van der Waals surface area (Å²) in [4.78, 5) is 4.03. The van der Waals surface area contributed by atoms with Gasteiger partial charge in [-0.2, -0.15) is 0 Å². The second-order valence-electron chi connectivity index (χ2n) is 5.79. The van der Waals surface area contributed by atoms with Crippen molar-refractivity contribution in [3.63, 3.8) is 0 Å². The van der Waals surface area contributed by atoms with Crippen LogP contribution in [0.3, 0.4) is 0 Å². The van der Waals surface area contributed by atoms with Gasteiger partial charge in [-0.25, -0.2) is 0 Å². The lowest BCUT2D eigenvalue weighted by Gasteiger charge is -2.35. The molecule has 0 bridgehead atoms. The zero-order chi connectivity index (χ0) is 13.3. The van der Waals surface area contributed by atoms with Gasteiger partial charge in [0.2, 0.25) is 0 Å². The van der Waals surface area contributed by atoms with Gasteiger partial charge in [0, 0.05) is 33.4 Å². The lowest BCUT2D eigenvalue weighted by Crippen LogP contribution is -2.42. The largest absolute Gasteiger partial charge is 0.326 e. The minimum atomic E-state index is 0.176. The second-order valence-corrected chi connectivity index (χ2v) is 7.65. The van der Waals surface area contributed by atoms with E-state index in [4.69, 9.17) is 5.73 Å². The van der Waals surface area contributed by atoms with Crippen LogP contribution >= 0.6 is 27.3 Å². The van der Waals surface area contributed by atoms with Crippen LogP contribution in [0.25, 0.3) is 0 Å². The van der Waals surface area contributed by atoms with Crippen LogP contribution in [0.5, 0.6) is 0 Å². The van der Waals surface area contributed by atoms with Gasteiger partial charge in [0.05, 0.1) is 6.04 Å². The van der Waals surface area contributed by atoms with Gasteiger partial charge < -0.3 is 5.73 Å². The topological polar surface area (TPSA) is 29.3 Å². The minimum absolute atomic E-state index is 0.176. The highest BCUT2D eigenvalue weighted by Gasteiger charge is 2.36. The summed E-state index contributed by atoms with van der Waals surface area (Å²) in [5.41, 5.74) is 6.27. The van der Waals surface area contributed by atoms with Crippen LogP contribution in [0.15, 0.2) is 15.9 Å². The van der Waals surface area contributed by atoms with Gasteiger partial charge in [-0.1, -0.05) is 13.8 Å². The standard InChI is InChI=1S/C14H23BrN2S/c1-9(2)7-17(12-4-5-12)14(10(3)16)13-6-11(15)8-18-13/h6,8-10,12,14H,4-5,7,16H2,1-3H3. The fourth-order valence-corrected chi connectivity index (χ4v) is 4.21. The molecule has 2 atom stereocenters. The molecule has 1 aromatic rings. The SMILES string of the molecule is CC(C)CN(C1CC1)C(c1cc(Br)cs1)C(C)N. The Morgan fingerprint density at radius 3 is 2.50 bits per heavy atom. The van der Waals surface area contributed by atoms with Crippen LogP contribution in [-0.2, 0) is 0 Å². The molecule has 102 valence electrons. The molecule has 0 radical (unpaired) electrons. The summed E-state index contributed by atoms with van der Waals surface area (Å²) in [5.74, 6) is 0.690. The zero-order valence-electron chi connectivity index (χ0n) is 11.4. The number of hydrogen-bond donors (Lipinski definition) is 1. The molecule has 2 unspecified atom stereocenters. The van der Waals surface area contributed by atoms with E-state index < -0.39 is 0 Å². The van der Waals surface area contributed by atoms with Crippen molar-refractivity contribution in [2.75, 3.05) is 6.54 Å². The lowest BCUT2D eigenvalue weighted by atomic mass is 10.0. The van der Waals surface area contributed by atoms with E-state index in [9.17, 15) is 0 Å². The summed E-state index contributed by atoms with van der Waals surface area (Å²) < 4.78 is 1.17. The van der Waals surface area contributed by atoms with Crippen LogP contribution in [0, 0.1) is 5.92 Å². The van der Waals surface area contributed by atoms with Gasteiger partial charge in [0.1, 0.15) is 0 Å². The smallest absolute Gasteiger partial charge is 0.0593 e. The van der Waals surface area contributed by atoms with E-state index in [1.54, 1.807) is 0 Å². The minimum Gasteiger partial charge on any atom is -0.326 e. The molecule has 1 aliphatic carbocycles. The van der Waals surface area contributed by atoms with E-state index in [2.05, 4.69) is 53.0 Å². The van der Waals surface area contributed by atoms with E-state index in [1.165, 1.54) is 22.2 Å². The molecule has 0 spiro atoms. The Hall–Kier alpha value is 0.1000. The number of nitrogens with two attached hydrogens (primary N) is 1. The molecule has 1 fully saturated rings. The molecular formula is C14H23BrN2S. The molecule has 0 amide bonds. The monoisotopic (exact) mass is 330 g/mol. The van der Waals surface area contributed by atoms with Crippen molar-refractivity contribution in [1.82, 2.24) is 4.90 Å². The lowest BCUT2D eigenvalue weighted by molar-refractivity contribution is 0.150. The van der Waals surface area contributed by atoms with E-state index in [-0.39, 0.29) is 6.04 Å². The van der Waals surface area contributed by atoms with Gasteiger partial charge in [-0.3, -0.25) is 4.90 Å². The number of hydrogen-bond acceptors (Lipinski definition) is 3. The van der Waals surface area contributed by atoms with E-state index in [0.717, 1.165) is 12.6 Å². The molecule has 2 nitrogen and oxygen atoms in total. The van der Waals surface area contributed by atoms with Crippen LogP contribution in [-0.4, -0.2) is 23.5 Å². The van der Waals surface area contributed by atoms with E-state index >= 15 is 0 Å². The third kappa shape index (κ3) is 3.56. The van der Waals surface area contributed by atoms with Gasteiger partial charge in [-0.05, 0) is 47.7 Å². The first-order chi connectivity index (χ1) is 8.49. The van der Waals surface area contributed by atoms with Crippen molar-refractivity contribution in [2.24, 2.45) is 11.7 Å². The maximum absolute atomic E-state index is 6.27. The molecule has 1 aliphatic rings. The summed E-state index contributed by atoms with van der Waals surface area (Å²) in [6.45, 7) is 7.86. The Kier molecular flexibility index (Phi) is 4.86. The summed E-state index contributed by atoms with van der Waals surface area (Å²) in [5, 5.41) is 2.16. The fourth-order valence-electron chi connectivity index (χ4n) is 2.53. The normalized spacial score (nSPS) is 19.5. The van der Waals surface area contributed by atoms with Crippen molar-refractivity contribution in [3.05, 3.63) is 20.8 Å². The van der Waals surface area contributed by atoms with Crippen molar-refractivity contribution in [2.45, 2.75) is 51.7 Å². The van der Waals surface area contributed by atoms with Gasteiger partial charge in [0.25, 0.3) is 0 Å². The highest BCUT2D eigenvalue weighted by Crippen LogP contribution is 2.39. The van der Waals surface area contributed by atoms with Gasteiger partial charge >= 0.3 is 0 Å². The zero-order valence-corrected chi connectivity index (χ0v) is 13.8. The highest BCUT2D eigenvalue weighted by atomic mass is 79.9. The Morgan fingerprint density at radius 1 is 1.44 bits per heavy atom. The number of thiophene rings is 1. The van der Waals surface area contributed by atoms with Crippen molar-refractivity contribution < 1.29 is 0 Å². The molecule has 1 heterocycles. The predicted molar refractivity (Wildman–Crippen MR) is 83.0 cm³/mol. The Morgan fingerprint density at radius 2 is 2.11 bits per heavy atom.